The van der Waals surface area contributed by atoms with E-state index in [4.69, 9.17) is 9.47 Å². The summed E-state index contributed by atoms with van der Waals surface area (Å²) in [5.41, 5.74) is 1.00. The summed E-state index contributed by atoms with van der Waals surface area (Å²) in [4.78, 5) is 14.5. The minimum Gasteiger partial charge on any atom is -0.469 e. The van der Waals surface area contributed by atoms with Gasteiger partial charge in [-0.3, -0.25) is 9.69 Å². The first-order valence-corrected chi connectivity index (χ1v) is 8.97. The van der Waals surface area contributed by atoms with Crippen molar-refractivity contribution in [2.24, 2.45) is 0 Å². The van der Waals surface area contributed by atoms with Crippen molar-refractivity contribution in [3.63, 3.8) is 0 Å². The number of aromatic nitrogens is 2. The summed E-state index contributed by atoms with van der Waals surface area (Å²) in [7, 11) is 0. The Morgan fingerprint density at radius 1 is 1.33 bits per heavy atom. The molecule has 7 heteroatoms. The molecule has 1 atom stereocenters. The van der Waals surface area contributed by atoms with Gasteiger partial charge in [-0.1, -0.05) is 41.7 Å². The van der Waals surface area contributed by atoms with Crippen LogP contribution in [0.5, 0.6) is 5.19 Å². The van der Waals surface area contributed by atoms with Gasteiger partial charge in [-0.2, -0.15) is 0 Å². The van der Waals surface area contributed by atoms with Gasteiger partial charge in [0.1, 0.15) is 17.7 Å². The zero-order chi connectivity index (χ0) is 16.8. The topological polar surface area (TPSA) is 64.6 Å². The average Bonchev–Trinajstić information content (AvgIpc) is 3.24. The number of ether oxygens (including phenoxy) is 2. The van der Waals surface area contributed by atoms with Gasteiger partial charge in [0.2, 0.25) is 0 Å². The Bertz CT molecular complexity index is 662. The van der Waals surface area contributed by atoms with Crippen molar-refractivity contribution in [3.05, 3.63) is 40.9 Å². The van der Waals surface area contributed by atoms with Gasteiger partial charge in [-0.05, 0) is 31.9 Å². The van der Waals surface area contributed by atoms with E-state index in [0.717, 1.165) is 30.0 Å². The van der Waals surface area contributed by atoms with Crippen molar-refractivity contribution in [1.82, 2.24) is 15.1 Å². The Morgan fingerprint density at radius 3 is 2.96 bits per heavy atom. The molecular formula is C17H21N3O3S. The van der Waals surface area contributed by atoms with Gasteiger partial charge in [0.25, 0.3) is 5.19 Å². The van der Waals surface area contributed by atoms with Crippen LogP contribution in [-0.4, -0.2) is 40.3 Å². The van der Waals surface area contributed by atoms with E-state index in [2.05, 4.69) is 15.1 Å². The Hall–Kier alpha value is -1.99. The number of esters is 1. The minimum absolute atomic E-state index is 0.161. The fraction of sp³-hybridized carbons (Fsp3) is 0.471. The molecule has 2 heterocycles. The molecule has 2 aromatic rings. The van der Waals surface area contributed by atoms with Crippen LogP contribution in [0.2, 0.25) is 0 Å². The van der Waals surface area contributed by atoms with E-state index in [9.17, 15) is 4.79 Å². The third-order valence-corrected chi connectivity index (χ3v) is 4.73. The molecule has 0 N–H and O–H groups in total. The summed E-state index contributed by atoms with van der Waals surface area (Å²) in [6, 6.07) is 9.54. The monoisotopic (exact) mass is 347 g/mol. The molecule has 1 fully saturated rings. The molecule has 1 aromatic carbocycles. The van der Waals surface area contributed by atoms with Crippen LogP contribution in [0.15, 0.2) is 30.3 Å². The van der Waals surface area contributed by atoms with E-state index in [0.29, 0.717) is 25.0 Å². The molecule has 0 unspecified atom stereocenters. The van der Waals surface area contributed by atoms with Crippen LogP contribution in [0.3, 0.4) is 0 Å². The summed E-state index contributed by atoms with van der Waals surface area (Å²) < 4.78 is 10.8. The molecule has 1 aromatic heterocycles. The highest BCUT2D eigenvalue weighted by molar-refractivity contribution is 7.13. The highest BCUT2D eigenvalue weighted by atomic mass is 32.1. The summed E-state index contributed by atoms with van der Waals surface area (Å²) in [6.07, 6.45) is 1.81. The Kier molecular flexibility index (Phi) is 5.77. The minimum atomic E-state index is -0.201. The molecule has 0 aliphatic carbocycles. The molecule has 0 bridgehead atoms. The maximum atomic E-state index is 12.4. The van der Waals surface area contributed by atoms with E-state index >= 15 is 0 Å². The van der Waals surface area contributed by atoms with E-state index in [1.807, 2.05) is 37.3 Å². The number of likely N-dealkylation sites (tertiary alicyclic amines) is 1. The zero-order valence-electron chi connectivity index (χ0n) is 13.7. The van der Waals surface area contributed by atoms with Gasteiger partial charge < -0.3 is 9.47 Å². The van der Waals surface area contributed by atoms with Crippen LogP contribution < -0.4 is 4.74 Å². The number of hydrogen-bond acceptors (Lipinski definition) is 7. The van der Waals surface area contributed by atoms with Crippen LogP contribution in [-0.2, 0) is 22.7 Å². The van der Waals surface area contributed by atoms with Crippen molar-refractivity contribution >= 4 is 17.3 Å². The molecule has 1 saturated heterocycles. The van der Waals surface area contributed by atoms with Gasteiger partial charge in [-0.25, -0.2) is 0 Å². The highest BCUT2D eigenvalue weighted by Gasteiger charge is 2.32. The first-order chi connectivity index (χ1) is 11.8. The predicted molar refractivity (Wildman–Crippen MR) is 90.7 cm³/mol. The first kappa shape index (κ1) is 16.9. The number of carbonyl (C=O) groups excluding carboxylic acids is 1. The molecule has 3 rings (SSSR count). The number of hydrogen-bond donors (Lipinski definition) is 0. The molecule has 128 valence electrons. The zero-order valence-corrected chi connectivity index (χ0v) is 14.5. The molecule has 0 saturated carbocycles. The quantitative estimate of drug-likeness (QED) is 0.718. The second kappa shape index (κ2) is 8.21. The summed E-state index contributed by atoms with van der Waals surface area (Å²) in [5.74, 6) is -0.161. The average molecular weight is 347 g/mol. The smallest absolute Gasteiger partial charge is 0.323 e. The number of rotatable bonds is 7. The number of nitrogens with zero attached hydrogens (tertiary/aromatic N) is 3. The molecule has 1 aliphatic rings. The van der Waals surface area contributed by atoms with E-state index < -0.39 is 0 Å². The first-order valence-electron chi connectivity index (χ1n) is 8.16. The SMILES string of the molecule is CCOc1nnc(CN2CCC[C@@H]2C(=O)OCc2ccccc2)s1. The summed E-state index contributed by atoms with van der Waals surface area (Å²) in [6.45, 7) is 4.29. The van der Waals surface area contributed by atoms with Gasteiger partial charge in [-0.15, -0.1) is 10.2 Å². The molecule has 6 nitrogen and oxygen atoms in total. The van der Waals surface area contributed by atoms with Crippen molar-refractivity contribution in [2.45, 2.75) is 39.0 Å². The van der Waals surface area contributed by atoms with Crippen LogP contribution in [0.1, 0.15) is 30.3 Å². The maximum absolute atomic E-state index is 12.4. The Morgan fingerprint density at radius 2 is 2.17 bits per heavy atom. The van der Waals surface area contributed by atoms with Gasteiger partial charge in [0.05, 0.1) is 13.2 Å². The van der Waals surface area contributed by atoms with Crippen LogP contribution >= 0.6 is 11.3 Å². The number of carbonyl (C=O) groups is 1. The normalized spacial score (nSPS) is 17.8. The van der Waals surface area contributed by atoms with E-state index in [-0.39, 0.29) is 12.0 Å². The predicted octanol–water partition coefficient (Wildman–Crippen LogP) is 2.64. The lowest BCUT2D eigenvalue weighted by Crippen LogP contribution is -2.36. The lowest BCUT2D eigenvalue weighted by atomic mass is 10.2. The molecular weight excluding hydrogens is 326 g/mol. The van der Waals surface area contributed by atoms with Gasteiger partial charge >= 0.3 is 5.97 Å². The molecule has 0 amide bonds. The molecule has 0 spiro atoms. The highest BCUT2D eigenvalue weighted by Crippen LogP contribution is 2.25. The van der Waals surface area contributed by atoms with Crippen LogP contribution in [0.25, 0.3) is 0 Å². The van der Waals surface area contributed by atoms with E-state index in [1.165, 1.54) is 11.3 Å². The van der Waals surface area contributed by atoms with Crippen molar-refractivity contribution in [1.29, 1.82) is 0 Å². The summed E-state index contributed by atoms with van der Waals surface area (Å²) >= 11 is 1.43. The standard InChI is InChI=1S/C17H21N3O3S/c1-2-22-17-19-18-15(24-17)11-20-10-6-9-14(20)16(21)23-12-13-7-4-3-5-8-13/h3-5,7-8,14H,2,6,9-12H2,1H3/t14-/m1/s1. The van der Waals surface area contributed by atoms with Crippen molar-refractivity contribution in [3.8, 4) is 5.19 Å². The number of benzene rings is 1. The molecule has 1 aliphatic heterocycles. The third kappa shape index (κ3) is 4.30. The van der Waals surface area contributed by atoms with Crippen LogP contribution in [0.4, 0.5) is 0 Å². The Labute approximate surface area is 145 Å². The third-order valence-electron chi connectivity index (χ3n) is 3.91. The fourth-order valence-corrected chi connectivity index (χ4v) is 3.54. The van der Waals surface area contributed by atoms with E-state index in [1.54, 1.807) is 0 Å². The summed E-state index contributed by atoms with van der Waals surface area (Å²) in [5, 5.41) is 9.57. The second-order valence-electron chi connectivity index (χ2n) is 5.62. The lowest BCUT2D eigenvalue weighted by Gasteiger charge is -2.21. The Balaban J connectivity index is 1.55. The van der Waals surface area contributed by atoms with Crippen molar-refractivity contribution < 1.29 is 14.3 Å². The lowest BCUT2D eigenvalue weighted by molar-refractivity contribution is -0.150. The largest absolute Gasteiger partial charge is 0.469 e. The van der Waals surface area contributed by atoms with Gasteiger partial charge in [0, 0.05) is 0 Å². The molecule has 0 radical (unpaired) electrons. The molecule has 24 heavy (non-hydrogen) atoms. The second-order valence-corrected chi connectivity index (χ2v) is 6.64. The van der Waals surface area contributed by atoms with Gasteiger partial charge in [0.15, 0.2) is 0 Å². The fourth-order valence-electron chi connectivity index (χ4n) is 2.76. The van der Waals surface area contributed by atoms with Crippen LogP contribution in [0, 0.1) is 0 Å². The van der Waals surface area contributed by atoms with Crippen molar-refractivity contribution in [2.75, 3.05) is 13.2 Å². The maximum Gasteiger partial charge on any atom is 0.323 e.